The largest absolute Gasteiger partial charge is 0.437 e. The molecule has 3 unspecified atom stereocenters. The molecule has 1 aliphatic heterocycles. The van der Waals surface area contributed by atoms with Gasteiger partial charge in [-0.05, 0) is 12.1 Å². The predicted octanol–water partition coefficient (Wildman–Crippen LogP) is 6.26. The van der Waals surface area contributed by atoms with Crippen molar-refractivity contribution in [2.75, 3.05) is 13.3 Å². The average molecular weight is 315 g/mol. The van der Waals surface area contributed by atoms with Gasteiger partial charge in [-0.3, -0.25) is 0 Å². The maximum absolute atomic E-state index is 14.3. The number of rotatable bonds is 2. The van der Waals surface area contributed by atoms with Crippen LogP contribution < -0.4 is 4.52 Å². The molecular weight excluding hydrogens is 304 g/mol. The van der Waals surface area contributed by atoms with E-state index in [2.05, 4.69) is 13.5 Å². The number of para-hydroxylation sites is 1. The van der Waals surface area contributed by atoms with Gasteiger partial charge in [0.25, 0.3) is 0 Å². The van der Waals surface area contributed by atoms with Gasteiger partial charge in [-0.25, -0.2) is 0 Å². The lowest BCUT2D eigenvalue weighted by Crippen LogP contribution is -1.88. The highest BCUT2D eigenvalue weighted by molar-refractivity contribution is 7.80. The third-order valence-electron chi connectivity index (χ3n) is 1.84. The van der Waals surface area contributed by atoms with Crippen LogP contribution >= 0.6 is 22.8 Å². The van der Waals surface area contributed by atoms with Gasteiger partial charge in [-0.15, -0.1) is 13.2 Å². The van der Waals surface area contributed by atoms with Crippen LogP contribution in [0.15, 0.2) is 43.9 Å². The normalized spacial score (nSPS) is 39.2. The smallest absolute Gasteiger partial charge is 0.419 e. The molecule has 0 amide bonds. The lowest BCUT2D eigenvalue weighted by molar-refractivity contribution is 0.551. The number of hydrogen-bond donors (Lipinski definition) is 0. The summed E-state index contributed by atoms with van der Waals surface area (Å²) in [6.07, 6.45) is 0. The molecule has 0 saturated heterocycles. The van der Waals surface area contributed by atoms with Crippen molar-refractivity contribution in [3.8, 4) is 5.75 Å². The van der Waals surface area contributed by atoms with Crippen molar-refractivity contribution in [1.82, 2.24) is 0 Å². The van der Waals surface area contributed by atoms with Gasteiger partial charge >= 0.3 is 7.74 Å². The van der Waals surface area contributed by atoms with Crippen molar-refractivity contribution >= 4 is 22.8 Å². The first-order valence-electron chi connectivity index (χ1n) is 4.90. The molecular formula is C8H11F3N3OP3. The van der Waals surface area contributed by atoms with Crippen LogP contribution in [0.4, 0.5) is 12.6 Å². The second kappa shape index (κ2) is 4.56. The molecule has 0 saturated carbocycles. The van der Waals surface area contributed by atoms with Gasteiger partial charge in [0.05, 0.1) is 0 Å². The molecule has 0 radical (unpaired) electrons. The van der Waals surface area contributed by atoms with E-state index in [0.717, 1.165) is 13.3 Å². The van der Waals surface area contributed by atoms with Crippen molar-refractivity contribution in [2.24, 2.45) is 13.5 Å². The summed E-state index contributed by atoms with van der Waals surface area (Å²) in [6.45, 7) is 1.98. The zero-order chi connectivity index (χ0) is 13.4. The van der Waals surface area contributed by atoms with Crippen LogP contribution in [-0.2, 0) is 0 Å². The second-order valence-corrected chi connectivity index (χ2v) is 10.3. The maximum Gasteiger partial charge on any atom is 0.437 e. The van der Waals surface area contributed by atoms with Crippen LogP contribution in [0, 0.1) is 0 Å². The van der Waals surface area contributed by atoms with Crippen molar-refractivity contribution in [2.45, 2.75) is 0 Å². The van der Waals surface area contributed by atoms with Crippen LogP contribution in [0.3, 0.4) is 0 Å². The lowest BCUT2D eigenvalue weighted by Gasteiger charge is -2.20. The fourth-order valence-corrected chi connectivity index (χ4v) is 9.09. The zero-order valence-electron chi connectivity index (χ0n) is 9.61. The van der Waals surface area contributed by atoms with E-state index in [4.69, 9.17) is 4.52 Å². The van der Waals surface area contributed by atoms with Crippen molar-refractivity contribution in [1.29, 1.82) is 0 Å². The van der Waals surface area contributed by atoms with E-state index < -0.39 is 22.8 Å². The molecule has 1 heterocycles. The lowest BCUT2D eigenvalue weighted by atomic mass is 10.3. The summed E-state index contributed by atoms with van der Waals surface area (Å²) in [5.41, 5.74) is 0. The Balaban J connectivity index is 2.47. The van der Waals surface area contributed by atoms with Crippen molar-refractivity contribution in [3.63, 3.8) is 0 Å². The Morgan fingerprint density at radius 3 is 2.00 bits per heavy atom. The Morgan fingerprint density at radius 1 is 0.889 bits per heavy atom. The number of benzene rings is 1. The van der Waals surface area contributed by atoms with Crippen LogP contribution in [-0.4, -0.2) is 13.3 Å². The minimum Gasteiger partial charge on any atom is -0.419 e. The number of halogens is 3. The van der Waals surface area contributed by atoms with Gasteiger partial charge in [-0.1, -0.05) is 18.2 Å². The molecule has 4 nitrogen and oxygen atoms in total. The summed E-state index contributed by atoms with van der Waals surface area (Å²) < 4.78 is 56.6. The van der Waals surface area contributed by atoms with Crippen LogP contribution in [0.5, 0.6) is 5.75 Å². The molecule has 3 atom stereocenters. The topological polar surface area (TPSA) is 46.3 Å². The molecule has 2 rings (SSSR count). The van der Waals surface area contributed by atoms with E-state index >= 15 is 0 Å². The Morgan fingerprint density at radius 2 is 1.44 bits per heavy atom. The minimum absolute atomic E-state index is 0.141. The Hall–Kier alpha value is -0.500. The van der Waals surface area contributed by atoms with Crippen molar-refractivity contribution in [3.05, 3.63) is 30.3 Å². The number of nitrogens with zero attached hydrogens (tertiary/aromatic N) is 3. The highest BCUT2D eigenvalue weighted by atomic mass is 31.3. The van der Waals surface area contributed by atoms with E-state index in [0.29, 0.717) is 0 Å². The molecule has 1 aromatic rings. The highest BCUT2D eigenvalue weighted by Crippen LogP contribution is 2.78. The molecule has 0 aromatic heterocycles. The van der Waals surface area contributed by atoms with Crippen LogP contribution in [0.2, 0.25) is 0 Å². The monoisotopic (exact) mass is 315 g/mol. The van der Waals surface area contributed by atoms with Gasteiger partial charge in [0.15, 0.2) is 0 Å². The number of hydrogen-bond acceptors (Lipinski definition) is 4. The standard InChI is InChI=1S/C8H11F3N3OP3/c1-16(9)12-17(2,10)14-18(11,13-16)15-8-6-4-3-5-7-8/h3-7H,1-2H3. The summed E-state index contributed by atoms with van der Waals surface area (Å²) in [5.74, 6) is 0.141. The van der Waals surface area contributed by atoms with E-state index in [-0.39, 0.29) is 5.75 Å². The van der Waals surface area contributed by atoms with Crippen LogP contribution in [0.1, 0.15) is 0 Å². The maximum atomic E-state index is 14.3. The molecule has 0 spiro atoms. The fraction of sp³-hybridized carbons (Fsp3) is 0.250. The Kier molecular flexibility index (Phi) is 3.52. The molecule has 0 fully saturated rings. The quantitative estimate of drug-likeness (QED) is 0.594. The summed E-state index contributed by atoms with van der Waals surface area (Å²) in [5, 5.41) is 0. The van der Waals surface area contributed by atoms with Gasteiger partial charge in [0, 0.05) is 13.3 Å². The van der Waals surface area contributed by atoms with Gasteiger partial charge in [0.1, 0.15) is 5.75 Å². The first-order valence-corrected chi connectivity index (χ1v) is 10.5. The Bertz CT molecular complexity index is 611. The summed E-state index contributed by atoms with van der Waals surface area (Å²) in [4.78, 5) is 0. The third-order valence-corrected chi connectivity index (χ3v) is 9.27. The van der Waals surface area contributed by atoms with E-state index in [1.54, 1.807) is 18.2 Å². The molecule has 0 bridgehead atoms. The summed E-state index contributed by atoms with van der Waals surface area (Å²) in [6, 6.07) is 7.88. The molecule has 10 heteroatoms. The molecule has 0 N–H and O–H groups in total. The Labute approximate surface area is 103 Å². The van der Waals surface area contributed by atoms with E-state index in [1.807, 2.05) is 0 Å². The van der Waals surface area contributed by atoms with Gasteiger partial charge in [-0.2, -0.15) is 12.9 Å². The van der Waals surface area contributed by atoms with Gasteiger partial charge in [0.2, 0.25) is 15.0 Å². The molecule has 0 aliphatic carbocycles. The molecule has 100 valence electrons. The van der Waals surface area contributed by atoms with Gasteiger partial charge < -0.3 is 4.52 Å². The van der Waals surface area contributed by atoms with Crippen molar-refractivity contribution < 1.29 is 17.1 Å². The second-order valence-electron chi connectivity index (χ2n) is 3.76. The third kappa shape index (κ3) is 3.50. The molecule has 18 heavy (non-hydrogen) atoms. The fourth-order valence-electron chi connectivity index (χ4n) is 1.41. The molecule has 1 aromatic carbocycles. The highest BCUT2D eigenvalue weighted by Gasteiger charge is 2.35. The summed E-state index contributed by atoms with van der Waals surface area (Å²) in [7, 11) is -12.0. The van der Waals surface area contributed by atoms with E-state index in [9.17, 15) is 12.6 Å². The summed E-state index contributed by atoms with van der Waals surface area (Å²) >= 11 is 0. The average Bonchev–Trinajstić information content (AvgIpc) is 2.11. The minimum atomic E-state index is -4.32. The first-order chi connectivity index (χ1) is 8.20. The first kappa shape index (κ1) is 13.9. The predicted molar refractivity (Wildman–Crippen MR) is 70.3 cm³/mol. The zero-order valence-corrected chi connectivity index (χ0v) is 12.3. The molecule has 1 aliphatic rings. The van der Waals surface area contributed by atoms with E-state index in [1.165, 1.54) is 12.1 Å². The van der Waals surface area contributed by atoms with Crippen LogP contribution in [0.25, 0.3) is 0 Å². The SMILES string of the molecule is CP1(F)=NP(C)(F)=NP(F)(Oc2ccccc2)=N1.